The van der Waals surface area contributed by atoms with E-state index in [1.54, 1.807) is 19.1 Å². The van der Waals surface area contributed by atoms with Crippen LogP contribution in [0, 0.1) is 35.0 Å². The fraction of sp³-hybridized carbons (Fsp3) is 0.667. The highest BCUT2D eigenvalue weighted by atomic mass is 16.7. The number of aliphatic hydroxyl groups excluding tert-OH is 1. The number of rotatable bonds is 13. The number of ether oxygens (including phenoxy) is 1. The molecule has 8 nitrogen and oxygen atoms in total. The van der Waals surface area contributed by atoms with Gasteiger partial charge >= 0.3 is 0 Å². The van der Waals surface area contributed by atoms with Crippen LogP contribution in [0.5, 0.6) is 5.75 Å². The van der Waals surface area contributed by atoms with Crippen LogP contribution in [-0.2, 0) is 22.6 Å². The van der Waals surface area contributed by atoms with Crippen molar-refractivity contribution in [3.63, 3.8) is 0 Å². The molecule has 2 aromatic carbocycles. The van der Waals surface area contributed by atoms with Gasteiger partial charge in [0.05, 0.1) is 25.9 Å². The molecule has 3 aliphatic carbocycles. The highest BCUT2D eigenvalue weighted by Gasteiger charge is 2.57. The van der Waals surface area contributed by atoms with Crippen molar-refractivity contribution in [1.82, 2.24) is 10.4 Å². The molecule has 8 atom stereocenters. The third kappa shape index (κ3) is 7.22. The molecular weight excluding hydrogens is 588 g/mol. The maximum atomic E-state index is 14.2. The van der Waals surface area contributed by atoms with Crippen molar-refractivity contribution in [3.05, 3.63) is 47.5 Å². The maximum absolute atomic E-state index is 14.2. The number of carbonyl (C=O) groups excluding carboxylic acids is 1. The Labute approximate surface area is 283 Å². The van der Waals surface area contributed by atoms with Crippen LogP contribution >= 0.6 is 0 Å². The Hall–Kier alpha value is -2.65. The molecule has 1 amide bonds. The fourth-order valence-electron chi connectivity index (χ4n) is 8.82. The summed E-state index contributed by atoms with van der Waals surface area (Å²) in [5, 5.41) is 16.1. The molecule has 3 saturated carbocycles. The van der Waals surface area contributed by atoms with Gasteiger partial charge in [-0.25, -0.2) is 0 Å². The van der Waals surface area contributed by atoms with E-state index in [0.29, 0.717) is 35.6 Å². The van der Waals surface area contributed by atoms with Crippen LogP contribution in [0.2, 0.25) is 0 Å². The zero-order valence-electron chi connectivity index (χ0n) is 30.3. The summed E-state index contributed by atoms with van der Waals surface area (Å²) in [6.07, 6.45) is 4.36. The number of anilines is 1. The molecule has 0 spiro atoms. The summed E-state index contributed by atoms with van der Waals surface area (Å²) in [5.41, 5.74) is 12.0. The molecule has 0 radical (unpaired) electrons. The van der Waals surface area contributed by atoms with Crippen LogP contribution in [0.4, 0.5) is 5.69 Å². The monoisotopic (exact) mass is 648 g/mol. The Bertz CT molecular complexity index is 1390. The SMILES string of the molecule is COc1c(CN2O[C@@H](CN)[C@@H]([C@H](C)O)[C@H]2C(=O)N[C@H]2C[C@H]3C[C@@H]([C@@H]2C)C3(C)C)cccc1-c1cc(CCCC(C)C)cc(N(C)C)c1. The van der Waals surface area contributed by atoms with Crippen molar-refractivity contribution >= 4 is 11.6 Å². The minimum absolute atomic E-state index is 0.0948. The van der Waals surface area contributed by atoms with Crippen LogP contribution in [0.1, 0.15) is 78.4 Å². The number of hydrogen-bond acceptors (Lipinski definition) is 7. The zero-order valence-corrected chi connectivity index (χ0v) is 30.3. The molecule has 6 rings (SSSR count). The molecule has 2 bridgehead atoms. The van der Waals surface area contributed by atoms with Gasteiger partial charge in [-0.15, -0.1) is 0 Å². The minimum atomic E-state index is -0.767. The Morgan fingerprint density at radius 2 is 1.94 bits per heavy atom. The summed E-state index contributed by atoms with van der Waals surface area (Å²) in [5.74, 6) is 2.52. The maximum Gasteiger partial charge on any atom is 0.240 e. The number of carbonyl (C=O) groups is 1. The second-order valence-electron chi connectivity index (χ2n) is 15.9. The average molecular weight is 649 g/mol. The standard InChI is InChI=1S/C39H60N4O4/c1-23(2)12-10-13-26-16-28(18-30(17-26)42(7)8)31-15-11-14-27(37(31)46-9)22-43-36(35(25(4)44)34(21-40)47-43)38(45)41-33-20-29-19-32(24(33)3)39(29,5)6/h11,14-18,23-25,29,32-36,44H,10,12-13,19-22,40H2,1-9H3,(H,41,45)/t24-,25-,29+,32-,33-,34-,35+,36-/m0/s1. The van der Waals surface area contributed by atoms with Crippen molar-refractivity contribution < 1.29 is 19.5 Å². The topological polar surface area (TPSA) is 100 Å². The van der Waals surface area contributed by atoms with Crippen LogP contribution in [0.3, 0.4) is 0 Å². The lowest BCUT2D eigenvalue weighted by Gasteiger charge is -2.62. The second kappa shape index (κ2) is 14.5. The predicted octanol–water partition coefficient (Wildman–Crippen LogP) is 6.03. The first-order chi connectivity index (χ1) is 22.3. The number of aliphatic hydroxyl groups is 1. The molecule has 47 heavy (non-hydrogen) atoms. The molecule has 4 aliphatic rings. The smallest absolute Gasteiger partial charge is 0.240 e. The number of para-hydroxylation sites is 1. The number of fused-ring (bicyclic) bond motifs is 2. The van der Waals surface area contributed by atoms with Gasteiger partial charge in [-0.1, -0.05) is 65.3 Å². The number of methoxy groups -OCH3 is 1. The number of nitrogens with two attached hydrogens (primary N) is 1. The number of amides is 1. The lowest BCUT2D eigenvalue weighted by Crippen LogP contribution is -2.62. The van der Waals surface area contributed by atoms with Crippen LogP contribution in [-0.4, -0.2) is 68.1 Å². The Balaban J connectivity index is 1.43. The summed E-state index contributed by atoms with van der Waals surface area (Å²) in [6.45, 7) is 13.8. The summed E-state index contributed by atoms with van der Waals surface area (Å²) in [7, 11) is 5.85. The quantitative estimate of drug-likeness (QED) is 0.244. The van der Waals surface area contributed by atoms with Crippen molar-refractivity contribution in [2.45, 2.75) is 104 Å². The van der Waals surface area contributed by atoms with E-state index in [0.717, 1.165) is 47.4 Å². The van der Waals surface area contributed by atoms with Gasteiger partial charge in [0.1, 0.15) is 11.8 Å². The lowest BCUT2D eigenvalue weighted by molar-refractivity contribution is -0.175. The summed E-state index contributed by atoms with van der Waals surface area (Å²) in [6, 6.07) is 12.4. The number of hydrogen-bond donors (Lipinski definition) is 3. The normalized spacial score (nSPS) is 29.0. The van der Waals surface area contributed by atoms with E-state index in [4.69, 9.17) is 15.3 Å². The van der Waals surface area contributed by atoms with Crippen molar-refractivity contribution in [2.24, 2.45) is 40.7 Å². The van der Waals surface area contributed by atoms with Crippen molar-refractivity contribution in [3.8, 4) is 16.9 Å². The predicted molar refractivity (Wildman–Crippen MR) is 190 cm³/mol. The number of aryl methyl sites for hydroxylation is 1. The fourth-order valence-corrected chi connectivity index (χ4v) is 8.82. The van der Waals surface area contributed by atoms with Crippen molar-refractivity contribution in [2.75, 3.05) is 32.6 Å². The highest BCUT2D eigenvalue weighted by Crippen LogP contribution is 2.61. The van der Waals surface area contributed by atoms with E-state index in [1.807, 2.05) is 12.1 Å². The molecule has 260 valence electrons. The third-order valence-corrected chi connectivity index (χ3v) is 11.8. The molecule has 1 saturated heterocycles. The highest BCUT2D eigenvalue weighted by molar-refractivity contribution is 5.83. The van der Waals surface area contributed by atoms with Gasteiger partial charge in [0.2, 0.25) is 5.91 Å². The number of nitrogens with zero attached hydrogens (tertiary/aromatic N) is 2. The van der Waals surface area contributed by atoms with Gasteiger partial charge in [0.25, 0.3) is 0 Å². The van der Waals surface area contributed by atoms with E-state index in [1.165, 1.54) is 18.4 Å². The second-order valence-corrected chi connectivity index (χ2v) is 15.9. The molecule has 4 N–H and O–H groups in total. The molecule has 2 aromatic rings. The van der Waals surface area contributed by atoms with Gasteiger partial charge in [0.15, 0.2) is 0 Å². The van der Waals surface area contributed by atoms with E-state index < -0.39 is 24.2 Å². The Morgan fingerprint density at radius 1 is 1.19 bits per heavy atom. The Morgan fingerprint density at radius 3 is 2.53 bits per heavy atom. The first kappa shape index (κ1) is 35.7. The number of nitrogens with one attached hydrogen (secondary N) is 1. The van der Waals surface area contributed by atoms with Gasteiger partial charge < -0.3 is 25.8 Å². The molecule has 0 aromatic heterocycles. The summed E-state index contributed by atoms with van der Waals surface area (Å²) >= 11 is 0. The van der Waals surface area contributed by atoms with E-state index >= 15 is 0 Å². The zero-order chi connectivity index (χ0) is 34.2. The minimum Gasteiger partial charge on any atom is -0.496 e. The average Bonchev–Trinajstić information content (AvgIpc) is 3.40. The van der Waals surface area contributed by atoms with Crippen LogP contribution < -0.4 is 20.7 Å². The molecule has 8 heteroatoms. The number of hydroxylamine groups is 2. The molecule has 4 fully saturated rings. The van der Waals surface area contributed by atoms with Gasteiger partial charge in [-0.05, 0) is 85.0 Å². The number of benzene rings is 2. The first-order valence-corrected chi connectivity index (χ1v) is 17.9. The van der Waals surface area contributed by atoms with Gasteiger partial charge in [0, 0.05) is 49.4 Å². The Kier molecular flexibility index (Phi) is 11.0. The summed E-state index contributed by atoms with van der Waals surface area (Å²) in [4.78, 5) is 22.8. The molecule has 0 unspecified atom stereocenters. The lowest BCUT2D eigenvalue weighted by atomic mass is 9.45. The van der Waals surface area contributed by atoms with E-state index in [2.05, 4.69) is 83.2 Å². The summed E-state index contributed by atoms with van der Waals surface area (Å²) < 4.78 is 6.12. The van der Waals surface area contributed by atoms with Crippen LogP contribution in [0.25, 0.3) is 11.1 Å². The molecular formula is C39H60N4O4. The van der Waals surface area contributed by atoms with Gasteiger partial charge in [-0.3, -0.25) is 9.63 Å². The van der Waals surface area contributed by atoms with E-state index in [9.17, 15) is 9.90 Å². The molecule has 1 heterocycles. The molecule has 1 aliphatic heterocycles. The largest absolute Gasteiger partial charge is 0.496 e. The van der Waals surface area contributed by atoms with Crippen LogP contribution in [0.15, 0.2) is 36.4 Å². The first-order valence-electron chi connectivity index (χ1n) is 17.9. The van der Waals surface area contributed by atoms with Crippen molar-refractivity contribution in [1.29, 1.82) is 0 Å². The van der Waals surface area contributed by atoms with Gasteiger partial charge in [-0.2, -0.15) is 5.06 Å². The van der Waals surface area contributed by atoms with E-state index in [-0.39, 0.29) is 18.5 Å². The third-order valence-electron chi connectivity index (χ3n) is 11.8.